The molecule has 0 radical (unpaired) electrons. The van der Waals surface area contributed by atoms with Crippen molar-refractivity contribution < 1.29 is 9.47 Å². The van der Waals surface area contributed by atoms with Crippen LogP contribution in [0.1, 0.15) is 25.3 Å². The quantitative estimate of drug-likeness (QED) is 0.677. The van der Waals surface area contributed by atoms with E-state index in [1.54, 1.807) is 14.2 Å². The van der Waals surface area contributed by atoms with Gasteiger partial charge in [-0.2, -0.15) is 0 Å². The molecule has 1 saturated carbocycles. The zero-order chi connectivity index (χ0) is 17.2. The van der Waals surface area contributed by atoms with Gasteiger partial charge in [-0.1, -0.05) is 36.8 Å². The smallest absolute Gasteiger partial charge is 0.144 e. The summed E-state index contributed by atoms with van der Waals surface area (Å²) in [5.41, 5.74) is 1.08. The zero-order valence-electron chi connectivity index (χ0n) is 14.8. The maximum absolute atomic E-state index is 5.69. The van der Waals surface area contributed by atoms with Crippen molar-refractivity contribution in [1.82, 2.24) is 9.55 Å². The van der Waals surface area contributed by atoms with E-state index in [1.807, 2.05) is 12.3 Å². The highest BCUT2D eigenvalue weighted by Crippen LogP contribution is 2.42. The Morgan fingerprint density at radius 3 is 2.84 bits per heavy atom. The van der Waals surface area contributed by atoms with Gasteiger partial charge in [-0.05, 0) is 29.7 Å². The van der Waals surface area contributed by atoms with Crippen LogP contribution in [0.25, 0.3) is 22.2 Å². The molecule has 1 aromatic heterocycles. The predicted octanol–water partition coefficient (Wildman–Crippen LogP) is 4.70. The third-order valence-corrected chi connectivity index (χ3v) is 5.36. The Balaban J connectivity index is 1.87. The topological polar surface area (TPSA) is 36.3 Å². The highest BCUT2D eigenvalue weighted by atomic mass is 16.5. The Bertz CT molecular complexity index is 871. The standard InChI is InChI=1S/C21H24N2O2/c1-24-14-16-7-5-9-18(16)23-13-12-22-21(23)20-17-8-4-3-6-15(17)10-11-19(20)25-2/h3-4,6,8,10-13,16,18H,5,7,9,14H2,1-2H3/t16-,18-/m1/s1. The number of benzene rings is 2. The molecule has 2 atom stereocenters. The monoisotopic (exact) mass is 336 g/mol. The first kappa shape index (κ1) is 16.2. The zero-order valence-corrected chi connectivity index (χ0v) is 14.8. The lowest BCUT2D eigenvalue weighted by Gasteiger charge is -2.23. The molecule has 0 amide bonds. The van der Waals surface area contributed by atoms with Crippen molar-refractivity contribution >= 4 is 10.8 Å². The molecule has 0 unspecified atom stereocenters. The molecule has 0 aliphatic heterocycles. The van der Waals surface area contributed by atoms with Crippen LogP contribution in [-0.2, 0) is 4.74 Å². The van der Waals surface area contributed by atoms with Crippen LogP contribution in [0, 0.1) is 5.92 Å². The number of rotatable bonds is 5. The summed E-state index contributed by atoms with van der Waals surface area (Å²) in [6.07, 6.45) is 7.63. The summed E-state index contributed by atoms with van der Waals surface area (Å²) in [5, 5.41) is 2.38. The number of ether oxygens (including phenoxy) is 2. The number of aromatic nitrogens is 2. The molecule has 1 heterocycles. The number of fused-ring (bicyclic) bond motifs is 1. The third kappa shape index (κ3) is 2.81. The molecule has 25 heavy (non-hydrogen) atoms. The molecule has 4 rings (SSSR count). The van der Waals surface area contributed by atoms with Gasteiger partial charge in [-0.15, -0.1) is 0 Å². The van der Waals surface area contributed by atoms with E-state index in [0.717, 1.165) is 23.7 Å². The Labute approximate surface area is 148 Å². The van der Waals surface area contributed by atoms with Gasteiger partial charge in [0.25, 0.3) is 0 Å². The van der Waals surface area contributed by atoms with Crippen molar-refractivity contribution in [1.29, 1.82) is 0 Å². The minimum atomic E-state index is 0.432. The van der Waals surface area contributed by atoms with E-state index in [1.165, 1.54) is 30.0 Å². The number of nitrogens with zero attached hydrogens (tertiary/aromatic N) is 2. The van der Waals surface area contributed by atoms with Crippen LogP contribution in [0.5, 0.6) is 5.75 Å². The van der Waals surface area contributed by atoms with E-state index in [2.05, 4.69) is 41.1 Å². The molecule has 4 heteroatoms. The van der Waals surface area contributed by atoms with Gasteiger partial charge in [-0.3, -0.25) is 0 Å². The van der Waals surface area contributed by atoms with Gasteiger partial charge in [0.15, 0.2) is 0 Å². The fourth-order valence-corrected chi connectivity index (χ4v) is 4.22. The minimum absolute atomic E-state index is 0.432. The molecular weight excluding hydrogens is 312 g/mol. The van der Waals surface area contributed by atoms with Crippen LogP contribution in [-0.4, -0.2) is 30.4 Å². The van der Waals surface area contributed by atoms with Crippen molar-refractivity contribution in [2.75, 3.05) is 20.8 Å². The van der Waals surface area contributed by atoms with Crippen LogP contribution in [0.3, 0.4) is 0 Å². The van der Waals surface area contributed by atoms with Crippen LogP contribution >= 0.6 is 0 Å². The summed E-state index contributed by atoms with van der Waals surface area (Å²) in [4.78, 5) is 4.73. The van der Waals surface area contributed by atoms with Gasteiger partial charge >= 0.3 is 0 Å². The van der Waals surface area contributed by atoms with Gasteiger partial charge in [0.05, 0.1) is 19.3 Å². The predicted molar refractivity (Wildman–Crippen MR) is 100.0 cm³/mol. The van der Waals surface area contributed by atoms with E-state index in [4.69, 9.17) is 14.5 Å². The normalized spacial score (nSPS) is 20.2. The molecule has 0 bridgehead atoms. The van der Waals surface area contributed by atoms with E-state index in [9.17, 15) is 0 Å². The highest BCUT2D eigenvalue weighted by Gasteiger charge is 2.31. The SMILES string of the molecule is COC[C@H]1CCC[C@H]1n1ccnc1-c1c(OC)ccc2ccccc12. The van der Waals surface area contributed by atoms with Gasteiger partial charge in [-0.25, -0.2) is 4.98 Å². The van der Waals surface area contributed by atoms with Gasteiger partial charge in [0.1, 0.15) is 11.6 Å². The maximum atomic E-state index is 5.69. The second-order valence-electron chi connectivity index (χ2n) is 6.74. The van der Waals surface area contributed by atoms with Crippen molar-refractivity contribution in [2.45, 2.75) is 25.3 Å². The summed E-state index contributed by atoms with van der Waals surface area (Å²) >= 11 is 0. The summed E-state index contributed by atoms with van der Waals surface area (Å²) in [7, 11) is 3.52. The largest absolute Gasteiger partial charge is 0.496 e. The number of methoxy groups -OCH3 is 2. The van der Waals surface area contributed by atoms with Gasteiger partial charge in [0, 0.05) is 31.5 Å². The number of hydrogen-bond acceptors (Lipinski definition) is 3. The van der Waals surface area contributed by atoms with E-state index in [-0.39, 0.29) is 0 Å². The summed E-state index contributed by atoms with van der Waals surface area (Å²) in [5.74, 6) is 2.40. The van der Waals surface area contributed by atoms with Crippen LogP contribution < -0.4 is 4.74 Å². The van der Waals surface area contributed by atoms with E-state index >= 15 is 0 Å². The average molecular weight is 336 g/mol. The first-order chi connectivity index (χ1) is 12.3. The lowest BCUT2D eigenvalue weighted by Crippen LogP contribution is -2.18. The van der Waals surface area contributed by atoms with Crippen LogP contribution in [0.15, 0.2) is 48.8 Å². The summed E-state index contributed by atoms with van der Waals surface area (Å²) in [6, 6.07) is 13.0. The first-order valence-electron chi connectivity index (χ1n) is 8.91. The van der Waals surface area contributed by atoms with Gasteiger partial charge < -0.3 is 14.0 Å². The Morgan fingerprint density at radius 1 is 1.12 bits per heavy atom. The molecule has 4 nitrogen and oxygen atoms in total. The second kappa shape index (κ2) is 6.89. The fourth-order valence-electron chi connectivity index (χ4n) is 4.22. The maximum Gasteiger partial charge on any atom is 0.144 e. The molecular formula is C21H24N2O2. The van der Waals surface area contributed by atoms with Crippen molar-refractivity contribution in [2.24, 2.45) is 5.92 Å². The number of imidazole rings is 1. The van der Waals surface area contributed by atoms with Crippen molar-refractivity contribution in [3.8, 4) is 17.1 Å². The molecule has 1 fully saturated rings. The second-order valence-corrected chi connectivity index (χ2v) is 6.74. The number of hydrogen-bond donors (Lipinski definition) is 0. The molecule has 0 saturated heterocycles. The molecule has 2 aromatic carbocycles. The van der Waals surface area contributed by atoms with Crippen molar-refractivity contribution in [3.63, 3.8) is 0 Å². The molecule has 130 valence electrons. The minimum Gasteiger partial charge on any atom is -0.496 e. The third-order valence-electron chi connectivity index (χ3n) is 5.36. The van der Waals surface area contributed by atoms with Crippen molar-refractivity contribution in [3.05, 3.63) is 48.8 Å². The Hall–Kier alpha value is -2.33. The Kier molecular flexibility index (Phi) is 4.45. The molecule has 0 spiro atoms. The summed E-state index contributed by atoms with van der Waals surface area (Å²) < 4.78 is 13.5. The molecule has 1 aliphatic carbocycles. The highest BCUT2D eigenvalue weighted by molar-refractivity contribution is 5.98. The lowest BCUT2D eigenvalue weighted by atomic mass is 10.0. The molecule has 0 N–H and O–H groups in total. The Morgan fingerprint density at radius 2 is 2.00 bits per heavy atom. The first-order valence-corrected chi connectivity index (χ1v) is 8.91. The lowest BCUT2D eigenvalue weighted by molar-refractivity contribution is 0.135. The molecule has 3 aromatic rings. The van der Waals surface area contributed by atoms with Crippen LogP contribution in [0.2, 0.25) is 0 Å². The van der Waals surface area contributed by atoms with Gasteiger partial charge in [0.2, 0.25) is 0 Å². The van der Waals surface area contributed by atoms with E-state index < -0.39 is 0 Å². The molecule has 1 aliphatic rings. The summed E-state index contributed by atoms with van der Waals surface area (Å²) in [6.45, 7) is 0.801. The van der Waals surface area contributed by atoms with Crippen LogP contribution in [0.4, 0.5) is 0 Å². The average Bonchev–Trinajstić information content (AvgIpc) is 3.29. The fraction of sp³-hybridized carbons (Fsp3) is 0.381. The van der Waals surface area contributed by atoms with E-state index in [0.29, 0.717) is 12.0 Å².